The van der Waals surface area contributed by atoms with Gasteiger partial charge in [-0.1, -0.05) is 19.7 Å². The molecule has 1 fully saturated rings. The standard InChI is InChI=1S/C14H22BNO2/c1-10(2)11-8-7-9-12(16-11)15-17-13(3,4)14(5,6)18-15/h7-10H,1-6H3/i1D3,2D3,7D,8D,9D,10D. The molecule has 3 nitrogen and oxygen atoms in total. The maximum absolute atomic E-state index is 8.26. The van der Waals surface area contributed by atoms with Crippen LogP contribution < -0.4 is 5.59 Å². The highest BCUT2D eigenvalue weighted by Crippen LogP contribution is 2.36. The molecule has 1 aliphatic heterocycles. The van der Waals surface area contributed by atoms with E-state index in [4.69, 9.17) is 23.0 Å². The lowest BCUT2D eigenvalue weighted by atomic mass is 9.84. The average Bonchev–Trinajstić information content (AvgIpc) is 2.70. The molecule has 98 valence electrons. The summed E-state index contributed by atoms with van der Waals surface area (Å²) in [5, 5.41) is 0. The molecule has 1 aliphatic rings. The van der Waals surface area contributed by atoms with Crippen LogP contribution in [-0.4, -0.2) is 23.3 Å². The van der Waals surface area contributed by atoms with E-state index >= 15 is 0 Å². The van der Waals surface area contributed by atoms with Crippen LogP contribution in [0.1, 0.15) is 66.7 Å². The summed E-state index contributed by atoms with van der Waals surface area (Å²) in [7, 11) is -1.28. The molecule has 2 rings (SSSR count). The van der Waals surface area contributed by atoms with Crippen molar-refractivity contribution in [2.24, 2.45) is 0 Å². The van der Waals surface area contributed by atoms with Crippen LogP contribution in [0, 0.1) is 0 Å². The van der Waals surface area contributed by atoms with Crippen molar-refractivity contribution in [3.05, 3.63) is 23.8 Å². The van der Waals surface area contributed by atoms with Gasteiger partial charge in [-0.05, 0) is 45.7 Å². The van der Waals surface area contributed by atoms with Gasteiger partial charge >= 0.3 is 7.12 Å². The quantitative estimate of drug-likeness (QED) is 0.763. The monoisotopic (exact) mass is 257 g/mol. The molecule has 2 heterocycles. The molecule has 0 spiro atoms. The smallest absolute Gasteiger partial charge is 0.398 e. The van der Waals surface area contributed by atoms with Gasteiger partial charge < -0.3 is 9.31 Å². The molecule has 0 aliphatic carbocycles. The van der Waals surface area contributed by atoms with Gasteiger partial charge in [0, 0.05) is 15.3 Å². The van der Waals surface area contributed by atoms with E-state index in [-0.39, 0.29) is 5.59 Å². The normalized spacial score (nSPS) is 31.7. The van der Waals surface area contributed by atoms with Crippen LogP contribution in [0.5, 0.6) is 0 Å². The molecule has 18 heavy (non-hydrogen) atoms. The Labute approximate surface area is 124 Å². The van der Waals surface area contributed by atoms with E-state index in [1.807, 2.05) is 0 Å². The molecule has 1 aromatic heterocycles. The Balaban J connectivity index is 2.77. The summed E-state index contributed by atoms with van der Waals surface area (Å²) >= 11 is 0. The highest BCUT2D eigenvalue weighted by Gasteiger charge is 2.52. The zero-order chi connectivity index (χ0) is 22.1. The summed E-state index contributed by atoms with van der Waals surface area (Å²) in [4.78, 5) is 3.90. The van der Waals surface area contributed by atoms with E-state index in [0.717, 1.165) is 0 Å². The van der Waals surface area contributed by atoms with Crippen LogP contribution in [0.25, 0.3) is 0 Å². The van der Waals surface area contributed by atoms with Crippen LogP contribution in [0.2, 0.25) is 0 Å². The maximum atomic E-state index is 8.26. The zero-order valence-electron chi connectivity index (χ0n) is 20.8. The number of hydrogen-bond acceptors (Lipinski definition) is 3. The largest absolute Gasteiger partial charge is 0.514 e. The topological polar surface area (TPSA) is 31.4 Å². The van der Waals surface area contributed by atoms with Gasteiger partial charge in [-0.3, -0.25) is 4.98 Å². The van der Waals surface area contributed by atoms with Crippen molar-refractivity contribution in [1.29, 1.82) is 0 Å². The highest BCUT2D eigenvalue weighted by atomic mass is 16.7. The lowest BCUT2D eigenvalue weighted by molar-refractivity contribution is 0.00578. The Kier molecular flexibility index (Phi) is 1.36. The lowest BCUT2D eigenvalue weighted by Gasteiger charge is -2.32. The Morgan fingerprint density at radius 1 is 1.28 bits per heavy atom. The Bertz CT molecular complexity index is 760. The first-order valence-electron chi connectivity index (χ1n) is 10.6. The summed E-state index contributed by atoms with van der Waals surface area (Å²) in [6, 6.07) is -2.20. The minimum absolute atomic E-state index is 0.334. The van der Waals surface area contributed by atoms with Gasteiger partial charge in [-0.15, -0.1) is 0 Å². The van der Waals surface area contributed by atoms with Crippen LogP contribution in [0.15, 0.2) is 18.1 Å². The molecule has 0 atom stereocenters. The number of aromatic nitrogens is 1. The second kappa shape index (κ2) is 4.35. The summed E-state index contributed by atoms with van der Waals surface area (Å²) in [5.41, 5.74) is -2.93. The second-order valence-corrected chi connectivity index (χ2v) is 5.18. The van der Waals surface area contributed by atoms with Crippen LogP contribution in [-0.2, 0) is 9.31 Å². The van der Waals surface area contributed by atoms with Crippen LogP contribution in [0.4, 0.5) is 0 Å². The summed E-state index contributed by atoms with van der Waals surface area (Å²) in [5.74, 6) is -3.26. The zero-order valence-corrected chi connectivity index (χ0v) is 10.8. The molecule has 0 N–H and O–H groups in total. The van der Waals surface area contributed by atoms with Gasteiger partial charge in [0.1, 0.15) is 0 Å². The first kappa shape index (κ1) is 5.64. The van der Waals surface area contributed by atoms with Crippen molar-refractivity contribution >= 4 is 12.7 Å². The fourth-order valence-electron chi connectivity index (χ4n) is 1.52. The van der Waals surface area contributed by atoms with Gasteiger partial charge in [-0.25, -0.2) is 0 Å². The third-order valence-corrected chi connectivity index (χ3v) is 3.32. The molecular weight excluding hydrogens is 225 g/mol. The third-order valence-electron chi connectivity index (χ3n) is 3.32. The van der Waals surface area contributed by atoms with Crippen LogP contribution >= 0.6 is 0 Å². The summed E-state index contributed by atoms with van der Waals surface area (Å²) < 4.78 is 89.5. The third kappa shape index (κ3) is 2.32. The number of rotatable bonds is 2. The fraction of sp³-hybridized carbons (Fsp3) is 0.643. The van der Waals surface area contributed by atoms with E-state index in [1.54, 1.807) is 27.7 Å². The highest BCUT2D eigenvalue weighted by molar-refractivity contribution is 6.61. The van der Waals surface area contributed by atoms with Crippen molar-refractivity contribution < 1.29 is 23.0 Å². The van der Waals surface area contributed by atoms with Crippen molar-refractivity contribution in [3.63, 3.8) is 0 Å². The lowest BCUT2D eigenvalue weighted by Crippen LogP contribution is -2.41. The van der Waals surface area contributed by atoms with Crippen molar-refractivity contribution in [2.45, 2.75) is 58.5 Å². The minimum Gasteiger partial charge on any atom is -0.398 e. The molecule has 0 aromatic carbocycles. The number of pyridine rings is 1. The Hall–Kier alpha value is -0.865. The van der Waals surface area contributed by atoms with Crippen molar-refractivity contribution in [3.8, 4) is 0 Å². The Morgan fingerprint density at radius 2 is 1.89 bits per heavy atom. The van der Waals surface area contributed by atoms with E-state index < -0.39 is 61.7 Å². The minimum atomic E-state index is -3.37. The van der Waals surface area contributed by atoms with E-state index in [2.05, 4.69) is 4.98 Å². The van der Waals surface area contributed by atoms with Gasteiger partial charge in [0.05, 0.1) is 20.9 Å². The predicted octanol–water partition coefficient (Wildman–Crippen LogP) is 2.50. The van der Waals surface area contributed by atoms with E-state index in [9.17, 15) is 0 Å². The average molecular weight is 257 g/mol. The molecule has 0 radical (unpaired) electrons. The number of hydrogen-bond donors (Lipinski definition) is 0. The second-order valence-electron chi connectivity index (χ2n) is 5.18. The molecule has 4 heteroatoms. The molecule has 0 saturated carbocycles. The van der Waals surface area contributed by atoms with E-state index in [0.29, 0.717) is 0 Å². The van der Waals surface area contributed by atoms with Crippen molar-refractivity contribution in [1.82, 2.24) is 4.98 Å². The molecule has 0 bridgehead atoms. The van der Waals surface area contributed by atoms with Gasteiger partial charge in [0.15, 0.2) is 0 Å². The van der Waals surface area contributed by atoms with Crippen LogP contribution in [0.3, 0.4) is 0 Å². The Morgan fingerprint density at radius 3 is 2.44 bits per heavy atom. The van der Waals surface area contributed by atoms with E-state index in [1.165, 1.54) is 0 Å². The summed E-state index contributed by atoms with van der Waals surface area (Å²) in [6.45, 7) is 0.194. The van der Waals surface area contributed by atoms with Crippen molar-refractivity contribution in [2.75, 3.05) is 0 Å². The molecule has 1 aromatic rings. The number of nitrogens with zero attached hydrogens (tertiary/aromatic N) is 1. The molecule has 0 unspecified atom stereocenters. The fourth-order valence-corrected chi connectivity index (χ4v) is 1.52. The molecule has 1 saturated heterocycles. The maximum Gasteiger partial charge on any atom is 0.514 e. The SMILES string of the molecule is [2H]c1c(B2OC(C)(C)C(C)(C)O2)nc(C([2H])(C([2H])([2H])[2H])C([2H])([2H])[2H])c([2H])c1[2H]. The molecule has 0 amide bonds. The summed E-state index contributed by atoms with van der Waals surface area (Å²) in [6.07, 6.45) is 0. The van der Waals surface area contributed by atoms with Gasteiger partial charge in [-0.2, -0.15) is 0 Å². The van der Waals surface area contributed by atoms with Gasteiger partial charge in [0.25, 0.3) is 0 Å². The first-order chi connectivity index (χ1) is 12.3. The molecular formula is C14H22BNO2. The first-order valence-corrected chi connectivity index (χ1v) is 5.62. The van der Waals surface area contributed by atoms with Gasteiger partial charge in [0.2, 0.25) is 0 Å². The predicted molar refractivity (Wildman–Crippen MR) is 74.0 cm³/mol.